The second-order valence-corrected chi connectivity index (χ2v) is 8.93. The lowest BCUT2D eigenvalue weighted by molar-refractivity contribution is 0.294. The summed E-state index contributed by atoms with van der Waals surface area (Å²) in [6.45, 7) is 4.11. The van der Waals surface area contributed by atoms with Gasteiger partial charge in [-0.15, -0.1) is 0 Å². The maximum Gasteiger partial charge on any atom is 0.180 e. The van der Waals surface area contributed by atoms with Crippen molar-refractivity contribution < 1.29 is 17.7 Å². The molecule has 0 amide bonds. The van der Waals surface area contributed by atoms with Gasteiger partial charge in [0, 0.05) is 40.8 Å². The van der Waals surface area contributed by atoms with Crippen molar-refractivity contribution in [2.75, 3.05) is 12.0 Å². The standard InChI is InChI=1S/C22H22F2N4O2S/c1-14-9-20(30-13-17-18(23)5-4-6-19(17)24)22-26-15(2)21(28(22)11-14)16-10-25-27(12-16)7-8-31(3)29/h4-6,9-12H,7-8,13H2,1-3H3. The Morgan fingerprint density at radius 3 is 2.61 bits per heavy atom. The van der Waals surface area contributed by atoms with Crippen LogP contribution < -0.4 is 4.74 Å². The fourth-order valence-corrected chi connectivity index (χ4v) is 3.91. The third-order valence-corrected chi connectivity index (χ3v) is 5.70. The van der Waals surface area contributed by atoms with Gasteiger partial charge in [-0.3, -0.25) is 13.3 Å². The second-order valence-electron chi connectivity index (χ2n) is 7.38. The Morgan fingerprint density at radius 1 is 1.16 bits per heavy atom. The van der Waals surface area contributed by atoms with Crippen molar-refractivity contribution in [1.82, 2.24) is 19.2 Å². The SMILES string of the molecule is Cc1cc(OCc2c(F)cccc2F)c2nc(C)c(-c3cnn(CCS(C)=O)c3)n2c1. The fraction of sp³-hybridized carbons (Fsp3) is 0.273. The summed E-state index contributed by atoms with van der Waals surface area (Å²) in [5.41, 5.74) is 3.82. The van der Waals surface area contributed by atoms with E-state index < -0.39 is 22.4 Å². The average molecular weight is 445 g/mol. The van der Waals surface area contributed by atoms with Gasteiger partial charge in [0.15, 0.2) is 11.4 Å². The van der Waals surface area contributed by atoms with Crippen LogP contribution in [-0.4, -0.2) is 35.4 Å². The first kappa shape index (κ1) is 21.2. The number of aromatic nitrogens is 4. The molecular formula is C22H22F2N4O2S. The summed E-state index contributed by atoms with van der Waals surface area (Å²) in [7, 11) is -0.896. The highest BCUT2D eigenvalue weighted by molar-refractivity contribution is 7.84. The molecule has 3 heterocycles. The topological polar surface area (TPSA) is 61.4 Å². The van der Waals surface area contributed by atoms with Gasteiger partial charge in [0.1, 0.15) is 18.2 Å². The number of halogens is 2. The van der Waals surface area contributed by atoms with E-state index in [2.05, 4.69) is 10.1 Å². The molecule has 0 radical (unpaired) electrons. The molecule has 1 aromatic carbocycles. The molecule has 3 aromatic heterocycles. The van der Waals surface area contributed by atoms with Crippen LogP contribution >= 0.6 is 0 Å². The molecule has 0 fully saturated rings. The summed E-state index contributed by atoms with van der Waals surface area (Å²) in [5.74, 6) is -0.337. The molecule has 9 heteroatoms. The van der Waals surface area contributed by atoms with Gasteiger partial charge in [-0.2, -0.15) is 5.10 Å². The van der Waals surface area contributed by atoms with E-state index in [0.29, 0.717) is 23.7 Å². The molecule has 0 saturated heterocycles. The molecule has 162 valence electrons. The van der Waals surface area contributed by atoms with E-state index in [-0.39, 0.29) is 12.2 Å². The van der Waals surface area contributed by atoms with Gasteiger partial charge in [0.05, 0.1) is 29.7 Å². The quantitative estimate of drug-likeness (QED) is 0.432. The summed E-state index contributed by atoms with van der Waals surface area (Å²) in [6.07, 6.45) is 7.23. The molecule has 0 aliphatic rings. The second kappa shape index (κ2) is 8.58. The molecule has 0 bridgehead atoms. The largest absolute Gasteiger partial charge is 0.485 e. The van der Waals surface area contributed by atoms with E-state index >= 15 is 0 Å². The predicted molar refractivity (Wildman–Crippen MR) is 116 cm³/mol. The highest BCUT2D eigenvalue weighted by Crippen LogP contribution is 2.30. The monoisotopic (exact) mass is 444 g/mol. The minimum atomic E-state index is -0.896. The first-order valence-corrected chi connectivity index (χ1v) is 11.4. The van der Waals surface area contributed by atoms with Crippen LogP contribution in [0.3, 0.4) is 0 Å². The van der Waals surface area contributed by atoms with Crippen molar-refractivity contribution in [3.05, 3.63) is 71.3 Å². The third-order valence-electron chi connectivity index (χ3n) is 4.95. The maximum absolute atomic E-state index is 14.0. The Morgan fingerprint density at radius 2 is 1.90 bits per heavy atom. The van der Waals surface area contributed by atoms with E-state index in [1.165, 1.54) is 18.2 Å². The predicted octanol–water partition coefficient (Wildman–Crippen LogP) is 4.05. The summed E-state index contributed by atoms with van der Waals surface area (Å²) >= 11 is 0. The minimum absolute atomic E-state index is 0.125. The number of nitrogens with zero attached hydrogens (tertiary/aromatic N) is 4. The molecular weight excluding hydrogens is 422 g/mol. The number of aryl methyl sites for hydroxylation is 3. The van der Waals surface area contributed by atoms with Gasteiger partial charge >= 0.3 is 0 Å². The Labute approximate surface area is 180 Å². The molecule has 1 atom stereocenters. The van der Waals surface area contributed by atoms with Crippen molar-refractivity contribution in [2.24, 2.45) is 0 Å². The molecule has 0 N–H and O–H groups in total. The Balaban J connectivity index is 1.69. The normalized spacial score (nSPS) is 12.4. The number of pyridine rings is 1. The zero-order valence-electron chi connectivity index (χ0n) is 17.4. The molecule has 1 unspecified atom stereocenters. The van der Waals surface area contributed by atoms with Crippen molar-refractivity contribution in [3.63, 3.8) is 0 Å². The smallest absolute Gasteiger partial charge is 0.180 e. The number of imidazole rings is 1. The van der Waals surface area contributed by atoms with Gasteiger partial charge in [0.2, 0.25) is 0 Å². The van der Waals surface area contributed by atoms with Crippen LogP contribution in [0.15, 0.2) is 42.9 Å². The first-order chi connectivity index (χ1) is 14.8. The zero-order chi connectivity index (χ0) is 22.1. The van der Waals surface area contributed by atoms with Crippen molar-refractivity contribution >= 4 is 16.4 Å². The molecule has 4 rings (SSSR count). The Kier molecular flexibility index (Phi) is 5.86. The minimum Gasteiger partial charge on any atom is -0.485 e. The highest BCUT2D eigenvalue weighted by Gasteiger charge is 2.18. The molecule has 4 aromatic rings. The number of rotatable bonds is 7. The van der Waals surface area contributed by atoms with Crippen LogP contribution in [0.25, 0.3) is 16.9 Å². The van der Waals surface area contributed by atoms with Gasteiger partial charge in [-0.1, -0.05) is 6.07 Å². The maximum atomic E-state index is 14.0. The van der Waals surface area contributed by atoms with Crippen LogP contribution in [0.4, 0.5) is 8.78 Å². The van der Waals surface area contributed by atoms with Crippen molar-refractivity contribution in [2.45, 2.75) is 27.0 Å². The summed E-state index contributed by atoms with van der Waals surface area (Å²) in [5, 5.41) is 4.36. The van der Waals surface area contributed by atoms with Crippen molar-refractivity contribution in [3.8, 4) is 17.0 Å². The molecule has 0 spiro atoms. The van der Waals surface area contributed by atoms with E-state index in [4.69, 9.17) is 4.74 Å². The number of fused-ring (bicyclic) bond motifs is 1. The lowest BCUT2D eigenvalue weighted by Gasteiger charge is -2.11. The van der Waals surface area contributed by atoms with Gasteiger partial charge in [-0.25, -0.2) is 13.8 Å². The summed E-state index contributed by atoms with van der Waals surface area (Å²) in [4.78, 5) is 4.64. The van der Waals surface area contributed by atoms with Crippen LogP contribution in [0.2, 0.25) is 0 Å². The van der Waals surface area contributed by atoms with Gasteiger partial charge in [-0.05, 0) is 37.6 Å². The van der Waals surface area contributed by atoms with Crippen LogP contribution in [0.5, 0.6) is 5.75 Å². The van der Waals surface area contributed by atoms with Crippen molar-refractivity contribution in [1.29, 1.82) is 0 Å². The Bertz CT molecular complexity index is 1260. The lowest BCUT2D eigenvalue weighted by atomic mass is 10.2. The van der Waals surface area contributed by atoms with E-state index in [1.54, 1.807) is 23.2 Å². The fourth-order valence-electron chi connectivity index (χ4n) is 3.46. The summed E-state index contributed by atoms with van der Waals surface area (Å²) < 4.78 is 48.8. The highest BCUT2D eigenvalue weighted by atomic mass is 32.2. The molecule has 6 nitrogen and oxygen atoms in total. The third kappa shape index (κ3) is 4.36. The van der Waals surface area contributed by atoms with E-state index in [1.807, 2.05) is 30.6 Å². The molecule has 31 heavy (non-hydrogen) atoms. The number of hydrogen-bond donors (Lipinski definition) is 0. The van der Waals surface area contributed by atoms with Crippen LogP contribution in [-0.2, 0) is 24.0 Å². The molecule has 0 saturated carbocycles. The number of benzene rings is 1. The number of ether oxygens (including phenoxy) is 1. The lowest BCUT2D eigenvalue weighted by Crippen LogP contribution is -2.06. The van der Waals surface area contributed by atoms with E-state index in [9.17, 15) is 13.0 Å². The Hall–Kier alpha value is -3.07. The van der Waals surface area contributed by atoms with Gasteiger partial charge in [0.25, 0.3) is 0 Å². The zero-order valence-corrected chi connectivity index (χ0v) is 18.2. The first-order valence-electron chi connectivity index (χ1n) is 9.71. The van der Waals surface area contributed by atoms with E-state index in [0.717, 1.165) is 22.5 Å². The molecule has 0 aliphatic heterocycles. The number of hydrogen-bond acceptors (Lipinski definition) is 4. The van der Waals surface area contributed by atoms with Crippen LogP contribution in [0.1, 0.15) is 16.8 Å². The van der Waals surface area contributed by atoms with Crippen LogP contribution in [0, 0.1) is 25.5 Å². The summed E-state index contributed by atoms with van der Waals surface area (Å²) in [6, 6.07) is 5.53. The van der Waals surface area contributed by atoms with Gasteiger partial charge < -0.3 is 4.74 Å². The average Bonchev–Trinajstić information content (AvgIpc) is 3.29. The molecule has 0 aliphatic carbocycles.